The van der Waals surface area contributed by atoms with E-state index in [1.54, 1.807) is 23.1 Å². The lowest BCUT2D eigenvalue weighted by molar-refractivity contribution is -0.129. The molecule has 0 aromatic heterocycles. The number of nitrogens with one attached hydrogen (secondary N) is 1. The molecule has 0 saturated heterocycles. The van der Waals surface area contributed by atoms with Crippen molar-refractivity contribution in [2.24, 2.45) is 0 Å². The number of hydrogen-bond donors (Lipinski definition) is 1. The number of rotatable bonds is 5. The van der Waals surface area contributed by atoms with Gasteiger partial charge in [-0.05, 0) is 41.9 Å². The Labute approximate surface area is 126 Å². The van der Waals surface area contributed by atoms with E-state index < -0.39 is 0 Å². The molecule has 0 saturated carbocycles. The van der Waals surface area contributed by atoms with E-state index in [1.165, 1.54) is 0 Å². The lowest BCUT2D eigenvalue weighted by Crippen LogP contribution is -2.40. The summed E-state index contributed by atoms with van der Waals surface area (Å²) in [6.45, 7) is 5.03. The summed E-state index contributed by atoms with van der Waals surface area (Å²) in [6.07, 6.45) is 0. The van der Waals surface area contributed by atoms with E-state index in [9.17, 15) is 9.59 Å². The fourth-order valence-electron chi connectivity index (χ4n) is 1.62. The maximum atomic E-state index is 11.9. The van der Waals surface area contributed by atoms with Crippen LogP contribution in [-0.4, -0.2) is 36.3 Å². The first-order valence-corrected chi connectivity index (χ1v) is 7.18. The highest BCUT2D eigenvalue weighted by atomic mass is 79.9. The number of carbonyl (C=O) groups excluding carboxylic acids is 2. The molecule has 0 aliphatic carbocycles. The van der Waals surface area contributed by atoms with Crippen LogP contribution < -0.4 is 5.32 Å². The fourth-order valence-corrected chi connectivity index (χ4v) is 2.20. The number of amides is 2. The van der Waals surface area contributed by atoms with E-state index in [-0.39, 0.29) is 18.4 Å². The lowest BCUT2D eigenvalue weighted by atomic mass is 10.2. The number of hydrogen-bond acceptors (Lipinski definition) is 2. The van der Waals surface area contributed by atoms with Crippen molar-refractivity contribution in [2.75, 3.05) is 19.6 Å². The van der Waals surface area contributed by atoms with Crippen LogP contribution in [-0.2, 0) is 4.79 Å². The van der Waals surface area contributed by atoms with Crippen LogP contribution in [0.5, 0.6) is 0 Å². The zero-order valence-corrected chi connectivity index (χ0v) is 13.2. The van der Waals surface area contributed by atoms with Gasteiger partial charge >= 0.3 is 0 Å². The Morgan fingerprint density at radius 3 is 2.53 bits per heavy atom. The van der Waals surface area contributed by atoms with E-state index in [0.717, 1.165) is 0 Å². The molecule has 0 fully saturated rings. The van der Waals surface area contributed by atoms with Crippen LogP contribution in [0, 0.1) is 0 Å². The zero-order valence-electron chi connectivity index (χ0n) is 10.9. The number of carbonyl (C=O) groups is 2. The normalized spacial score (nSPS) is 10.1. The minimum Gasteiger partial charge on any atom is -0.343 e. The molecule has 1 N–H and O–H groups in total. The smallest absolute Gasteiger partial charge is 0.253 e. The van der Waals surface area contributed by atoms with Crippen molar-refractivity contribution in [3.05, 3.63) is 33.3 Å². The number of benzene rings is 1. The molecular weight excluding hydrogens is 332 g/mol. The summed E-state index contributed by atoms with van der Waals surface area (Å²) < 4.78 is 0.650. The Bertz CT molecular complexity index is 476. The van der Waals surface area contributed by atoms with Gasteiger partial charge in [-0.1, -0.05) is 17.7 Å². The second-order valence-electron chi connectivity index (χ2n) is 3.85. The van der Waals surface area contributed by atoms with Gasteiger partial charge < -0.3 is 10.2 Å². The highest BCUT2D eigenvalue weighted by molar-refractivity contribution is 9.10. The van der Waals surface area contributed by atoms with E-state index >= 15 is 0 Å². The maximum Gasteiger partial charge on any atom is 0.253 e. The summed E-state index contributed by atoms with van der Waals surface area (Å²) in [4.78, 5) is 25.4. The van der Waals surface area contributed by atoms with Gasteiger partial charge in [-0.25, -0.2) is 0 Å². The summed E-state index contributed by atoms with van der Waals surface area (Å²) in [7, 11) is 0. The average Bonchev–Trinajstić information content (AvgIpc) is 2.40. The molecule has 0 atom stereocenters. The first-order valence-electron chi connectivity index (χ1n) is 6.01. The highest BCUT2D eigenvalue weighted by Gasteiger charge is 2.15. The minimum atomic E-state index is -0.355. The van der Waals surface area contributed by atoms with Crippen LogP contribution in [0.15, 0.2) is 22.7 Å². The van der Waals surface area contributed by atoms with Gasteiger partial charge in [0.15, 0.2) is 0 Å². The van der Waals surface area contributed by atoms with E-state index in [4.69, 9.17) is 11.6 Å². The predicted octanol–water partition coefficient (Wildman–Crippen LogP) is 2.70. The second kappa shape index (κ2) is 7.50. The minimum absolute atomic E-state index is 0.0244. The predicted molar refractivity (Wildman–Crippen MR) is 79.4 cm³/mol. The monoisotopic (exact) mass is 346 g/mol. The van der Waals surface area contributed by atoms with E-state index in [1.807, 2.05) is 13.8 Å². The average molecular weight is 348 g/mol. The molecule has 1 aromatic carbocycles. The van der Waals surface area contributed by atoms with Crippen LogP contribution in [0.25, 0.3) is 0 Å². The molecule has 0 bridgehead atoms. The molecule has 19 heavy (non-hydrogen) atoms. The molecule has 0 aliphatic heterocycles. The van der Waals surface area contributed by atoms with Gasteiger partial charge in [0.2, 0.25) is 5.91 Å². The Morgan fingerprint density at radius 1 is 1.32 bits per heavy atom. The standard InChI is InChI=1S/C13H16BrClN2O2/c1-3-17(4-2)11(18)8-16-13(19)9-6-5-7-10(14)12(9)15/h5-7H,3-4,8H2,1-2H3,(H,16,19). The molecule has 0 heterocycles. The molecule has 1 rings (SSSR count). The fraction of sp³-hybridized carbons (Fsp3) is 0.385. The topological polar surface area (TPSA) is 49.4 Å². The summed E-state index contributed by atoms with van der Waals surface area (Å²) >= 11 is 9.27. The Kier molecular flexibility index (Phi) is 6.31. The first kappa shape index (κ1) is 16.0. The molecule has 4 nitrogen and oxygen atoms in total. The third kappa shape index (κ3) is 4.21. The van der Waals surface area contributed by atoms with Gasteiger partial charge in [-0.3, -0.25) is 9.59 Å². The number of halogens is 2. The summed E-state index contributed by atoms with van der Waals surface area (Å²) in [5.74, 6) is -0.462. The van der Waals surface area contributed by atoms with E-state index in [2.05, 4.69) is 21.2 Å². The molecule has 0 spiro atoms. The molecule has 2 amide bonds. The Hall–Kier alpha value is -1.07. The molecule has 6 heteroatoms. The van der Waals surface area contributed by atoms with Crippen molar-refractivity contribution >= 4 is 39.3 Å². The van der Waals surface area contributed by atoms with Gasteiger partial charge in [-0.15, -0.1) is 0 Å². The number of likely N-dealkylation sites (N-methyl/N-ethyl adjacent to an activating group) is 1. The van der Waals surface area contributed by atoms with Gasteiger partial charge in [0.25, 0.3) is 5.91 Å². The van der Waals surface area contributed by atoms with Crippen LogP contribution in [0.2, 0.25) is 5.02 Å². The van der Waals surface area contributed by atoms with E-state index in [0.29, 0.717) is 28.1 Å². The van der Waals surface area contributed by atoms with Crippen molar-refractivity contribution in [1.82, 2.24) is 10.2 Å². The van der Waals surface area contributed by atoms with Crippen molar-refractivity contribution in [3.8, 4) is 0 Å². The first-order chi connectivity index (χ1) is 9.01. The van der Waals surface area contributed by atoms with Gasteiger partial charge in [0.1, 0.15) is 0 Å². The molecular formula is C13H16BrClN2O2. The van der Waals surface area contributed by atoms with Gasteiger partial charge in [-0.2, -0.15) is 0 Å². The molecule has 0 unspecified atom stereocenters. The maximum absolute atomic E-state index is 11.9. The quantitative estimate of drug-likeness (QED) is 0.890. The van der Waals surface area contributed by atoms with Gasteiger partial charge in [0.05, 0.1) is 17.1 Å². The van der Waals surface area contributed by atoms with Gasteiger partial charge in [0, 0.05) is 17.6 Å². The summed E-state index contributed by atoms with van der Waals surface area (Å²) in [5, 5.41) is 2.92. The third-order valence-electron chi connectivity index (χ3n) is 2.71. The SMILES string of the molecule is CCN(CC)C(=O)CNC(=O)c1cccc(Br)c1Cl. The largest absolute Gasteiger partial charge is 0.343 e. The molecule has 0 radical (unpaired) electrons. The zero-order chi connectivity index (χ0) is 14.4. The van der Waals surface area contributed by atoms with Crippen LogP contribution in [0.3, 0.4) is 0 Å². The second-order valence-corrected chi connectivity index (χ2v) is 5.08. The third-order valence-corrected chi connectivity index (χ3v) is 4.01. The highest BCUT2D eigenvalue weighted by Crippen LogP contribution is 2.25. The summed E-state index contributed by atoms with van der Waals surface area (Å²) in [6, 6.07) is 5.08. The van der Waals surface area contributed by atoms with Crippen molar-refractivity contribution in [2.45, 2.75) is 13.8 Å². The molecule has 0 aliphatic rings. The van der Waals surface area contributed by atoms with Crippen LogP contribution in [0.1, 0.15) is 24.2 Å². The number of nitrogens with zero attached hydrogens (tertiary/aromatic N) is 1. The van der Waals surface area contributed by atoms with Crippen molar-refractivity contribution in [3.63, 3.8) is 0 Å². The lowest BCUT2D eigenvalue weighted by Gasteiger charge is -2.18. The van der Waals surface area contributed by atoms with Crippen molar-refractivity contribution < 1.29 is 9.59 Å². The van der Waals surface area contributed by atoms with Crippen LogP contribution >= 0.6 is 27.5 Å². The Morgan fingerprint density at radius 2 is 1.95 bits per heavy atom. The summed E-state index contributed by atoms with van der Waals surface area (Å²) in [5.41, 5.74) is 0.350. The van der Waals surface area contributed by atoms with Crippen molar-refractivity contribution in [1.29, 1.82) is 0 Å². The molecule has 104 valence electrons. The molecule has 1 aromatic rings. The van der Waals surface area contributed by atoms with Crippen LogP contribution in [0.4, 0.5) is 0 Å². The Balaban J connectivity index is 2.66.